The average molecular weight is 175 g/mol. The van der Waals surface area contributed by atoms with Crippen molar-refractivity contribution in [2.24, 2.45) is 0 Å². The second-order valence-corrected chi connectivity index (χ2v) is 7.30. The fourth-order valence-electron chi connectivity index (χ4n) is 1.25. The summed E-state index contributed by atoms with van der Waals surface area (Å²) in [4.78, 5) is 2.31. The molecule has 0 aromatic rings. The van der Waals surface area contributed by atoms with Gasteiger partial charge in [0.25, 0.3) is 0 Å². The summed E-state index contributed by atoms with van der Waals surface area (Å²) in [5.41, 5.74) is 1.74. The molecule has 0 N–H and O–H groups in total. The van der Waals surface area contributed by atoms with Crippen molar-refractivity contribution in [1.82, 2.24) is 4.90 Å². The van der Waals surface area contributed by atoms with Gasteiger partial charge in [-0.3, -0.25) is 0 Å². The zero-order valence-electron chi connectivity index (χ0n) is 8.76. The normalized spacial score (nSPS) is 12.5. The lowest BCUT2D eigenvalue weighted by Crippen LogP contribution is -2.18. The molecule has 2 heteroatoms. The van der Waals surface area contributed by atoms with E-state index in [1.165, 1.54) is 6.29 Å². The van der Waals surface area contributed by atoms with E-state index < -0.39 is 0 Å². The average Bonchev–Trinajstić information content (AvgIpc) is 1.81. The highest BCUT2D eigenvalue weighted by Gasteiger charge is 2.16. The quantitative estimate of drug-likeness (QED) is 0.594. The Balaban J connectivity index is 3.90. The SMILES string of the molecule is CC(C)P(CN(C)C)C(C)C. The van der Waals surface area contributed by atoms with Crippen LogP contribution in [0.4, 0.5) is 0 Å². The van der Waals surface area contributed by atoms with Gasteiger partial charge < -0.3 is 4.90 Å². The third-order valence-corrected chi connectivity index (χ3v) is 5.32. The van der Waals surface area contributed by atoms with Gasteiger partial charge in [-0.25, -0.2) is 0 Å². The summed E-state index contributed by atoms with van der Waals surface area (Å²) in [5, 5.41) is 0. The Morgan fingerprint density at radius 2 is 1.36 bits per heavy atom. The minimum atomic E-state index is 0.208. The molecule has 0 heterocycles. The van der Waals surface area contributed by atoms with Crippen molar-refractivity contribution in [3.63, 3.8) is 0 Å². The maximum Gasteiger partial charge on any atom is 0.0182 e. The topological polar surface area (TPSA) is 3.24 Å². The van der Waals surface area contributed by atoms with Gasteiger partial charge in [-0.2, -0.15) is 0 Å². The van der Waals surface area contributed by atoms with Crippen LogP contribution in [0.15, 0.2) is 0 Å². The number of rotatable bonds is 4. The van der Waals surface area contributed by atoms with Crippen molar-refractivity contribution in [2.75, 3.05) is 20.4 Å². The van der Waals surface area contributed by atoms with Gasteiger partial charge in [0, 0.05) is 6.29 Å². The van der Waals surface area contributed by atoms with Crippen LogP contribution in [-0.2, 0) is 0 Å². The smallest absolute Gasteiger partial charge is 0.0182 e. The molecule has 11 heavy (non-hydrogen) atoms. The number of hydrogen-bond donors (Lipinski definition) is 0. The highest BCUT2D eigenvalue weighted by Crippen LogP contribution is 2.45. The monoisotopic (exact) mass is 175 g/mol. The molecule has 0 aliphatic rings. The number of nitrogens with zero attached hydrogens (tertiary/aromatic N) is 1. The Labute approximate surface area is 72.9 Å². The van der Waals surface area contributed by atoms with Gasteiger partial charge in [0.1, 0.15) is 0 Å². The molecule has 0 aliphatic heterocycles. The lowest BCUT2D eigenvalue weighted by atomic mass is 10.5. The fourth-order valence-corrected chi connectivity index (χ4v) is 3.75. The van der Waals surface area contributed by atoms with Crippen LogP contribution in [0.25, 0.3) is 0 Å². The molecule has 1 nitrogen and oxygen atoms in total. The molecule has 68 valence electrons. The molecule has 0 saturated heterocycles. The molecule has 0 bridgehead atoms. The van der Waals surface area contributed by atoms with E-state index in [4.69, 9.17) is 0 Å². The summed E-state index contributed by atoms with van der Waals surface area (Å²) in [6.45, 7) is 9.37. The molecule has 0 rings (SSSR count). The molecule has 0 fully saturated rings. The van der Waals surface area contributed by atoms with E-state index in [2.05, 4.69) is 46.7 Å². The molecule has 0 aromatic heterocycles. The maximum atomic E-state index is 2.34. The van der Waals surface area contributed by atoms with E-state index in [1.54, 1.807) is 0 Å². The molecular weight excluding hydrogens is 153 g/mol. The van der Waals surface area contributed by atoms with Gasteiger partial charge in [-0.15, -0.1) is 0 Å². The summed E-state index contributed by atoms with van der Waals surface area (Å²) in [6.07, 6.45) is 1.28. The van der Waals surface area contributed by atoms with E-state index in [0.717, 1.165) is 11.3 Å². The van der Waals surface area contributed by atoms with Crippen LogP contribution in [0.5, 0.6) is 0 Å². The Morgan fingerprint density at radius 3 is 1.45 bits per heavy atom. The molecule has 0 amide bonds. The zero-order chi connectivity index (χ0) is 9.02. The predicted octanol–water partition coefficient (Wildman–Crippen LogP) is 2.80. The maximum absolute atomic E-state index is 2.34. The van der Waals surface area contributed by atoms with Crippen LogP contribution < -0.4 is 0 Å². The van der Waals surface area contributed by atoms with Crippen molar-refractivity contribution in [3.8, 4) is 0 Å². The van der Waals surface area contributed by atoms with Crippen molar-refractivity contribution in [2.45, 2.75) is 39.0 Å². The van der Waals surface area contributed by atoms with Crippen LogP contribution >= 0.6 is 7.92 Å². The Hall–Kier alpha value is 0.390. The van der Waals surface area contributed by atoms with Gasteiger partial charge >= 0.3 is 0 Å². The van der Waals surface area contributed by atoms with E-state index in [1.807, 2.05) is 0 Å². The highest BCUT2D eigenvalue weighted by atomic mass is 31.1. The summed E-state index contributed by atoms with van der Waals surface area (Å²) in [6, 6.07) is 0. The third-order valence-electron chi connectivity index (χ3n) is 1.77. The largest absolute Gasteiger partial charge is 0.305 e. The minimum absolute atomic E-state index is 0.208. The second-order valence-electron chi connectivity index (χ2n) is 3.92. The molecule has 0 saturated carbocycles. The highest BCUT2D eigenvalue weighted by molar-refractivity contribution is 7.58. The van der Waals surface area contributed by atoms with Gasteiger partial charge in [0.05, 0.1) is 0 Å². The molecule has 0 radical (unpaired) electrons. The van der Waals surface area contributed by atoms with E-state index in [9.17, 15) is 0 Å². The Morgan fingerprint density at radius 1 is 1.00 bits per heavy atom. The summed E-state index contributed by atoms with van der Waals surface area (Å²) >= 11 is 0. The first-order valence-corrected chi connectivity index (χ1v) is 6.02. The third kappa shape index (κ3) is 4.76. The van der Waals surface area contributed by atoms with Gasteiger partial charge in [-0.1, -0.05) is 35.6 Å². The van der Waals surface area contributed by atoms with Crippen LogP contribution in [0.1, 0.15) is 27.7 Å². The van der Waals surface area contributed by atoms with E-state index in [-0.39, 0.29) is 7.92 Å². The lowest BCUT2D eigenvalue weighted by molar-refractivity contribution is 0.478. The molecule has 0 unspecified atom stereocenters. The van der Waals surface area contributed by atoms with Crippen LogP contribution in [0.3, 0.4) is 0 Å². The van der Waals surface area contributed by atoms with Crippen molar-refractivity contribution in [1.29, 1.82) is 0 Å². The van der Waals surface area contributed by atoms with Crippen LogP contribution in [-0.4, -0.2) is 36.6 Å². The first-order chi connectivity index (χ1) is 4.95. The van der Waals surface area contributed by atoms with Crippen LogP contribution in [0.2, 0.25) is 0 Å². The molecule has 0 atom stereocenters. The van der Waals surface area contributed by atoms with Crippen molar-refractivity contribution < 1.29 is 0 Å². The summed E-state index contributed by atoms with van der Waals surface area (Å²) < 4.78 is 0. The van der Waals surface area contributed by atoms with E-state index in [0.29, 0.717) is 0 Å². The van der Waals surface area contributed by atoms with Gasteiger partial charge in [-0.05, 0) is 25.4 Å². The molecular formula is C9H22NP. The first-order valence-electron chi connectivity index (χ1n) is 4.35. The second kappa shape index (κ2) is 5.11. The Kier molecular flexibility index (Phi) is 5.29. The lowest BCUT2D eigenvalue weighted by Gasteiger charge is -2.28. The predicted molar refractivity (Wildman–Crippen MR) is 55.7 cm³/mol. The first kappa shape index (κ1) is 11.4. The number of hydrogen-bond acceptors (Lipinski definition) is 1. The summed E-state index contributed by atoms with van der Waals surface area (Å²) in [5.74, 6) is 0. The fraction of sp³-hybridized carbons (Fsp3) is 1.00. The molecule has 0 aliphatic carbocycles. The van der Waals surface area contributed by atoms with E-state index >= 15 is 0 Å². The Bertz CT molecular complexity index is 91.7. The molecule has 0 aromatic carbocycles. The molecule has 0 spiro atoms. The van der Waals surface area contributed by atoms with Gasteiger partial charge in [0.2, 0.25) is 0 Å². The van der Waals surface area contributed by atoms with Crippen molar-refractivity contribution in [3.05, 3.63) is 0 Å². The van der Waals surface area contributed by atoms with Crippen molar-refractivity contribution >= 4 is 7.92 Å². The van der Waals surface area contributed by atoms with Gasteiger partial charge in [0.15, 0.2) is 0 Å². The zero-order valence-corrected chi connectivity index (χ0v) is 9.65. The summed E-state index contributed by atoms with van der Waals surface area (Å²) in [7, 11) is 4.54. The standard InChI is InChI=1S/C9H22NP/c1-8(2)11(9(3)4)7-10(5)6/h8-9H,7H2,1-6H3. The minimum Gasteiger partial charge on any atom is -0.305 e. The van der Waals surface area contributed by atoms with Crippen LogP contribution in [0, 0.1) is 0 Å².